The smallest absolute Gasteiger partial charge is 0.338 e. The van der Waals surface area contributed by atoms with E-state index in [-0.39, 0.29) is 24.4 Å². The number of hydrogen-bond acceptors (Lipinski definition) is 8. The van der Waals surface area contributed by atoms with Crippen molar-refractivity contribution in [2.45, 2.75) is 36.6 Å². The highest BCUT2D eigenvalue weighted by molar-refractivity contribution is 7.99. The lowest BCUT2D eigenvalue weighted by atomic mass is 10.0. The number of aliphatic hydroxyl groups is 1. The molecule has 10 nitrogen and oxygen atoms in total. The Kier molecular flexibility index (Phi) is 10.6. The van der Waals surface area contributed by atoms with Gasteiger partial charge in [0.15, 0.2) is 6.29 Å². The van der Waals surface area contributed by atoms with Gasteiger partial charge in [-0.2, -0.15) is 0 Å². The summed E-state index contributed by atoms with van der Waals surface area (Å²) >= 11 is 1.32. The van der Waals surface area contributed by atoms with Gasteiger partial charge in [-0.3, -0.25) is 0 Å². The molecule has 1 aliphatic rings. The Bertz CT molecular complexity index is 1840. The number of aliphatic hydroxyl groups excluding tert-OH is 1. The molecule has 1 aliphatic heterocycles. The Morgan fingerprint density at radius 3 is 2.31 bits per heavy atom. The van der Waals surface area contributed by atoms with Crippen molar-refractivity contribution in [3.63, 3.8) is 0 Å². The van der Waals surface area contributed by atoms with Crippen molar-refractivity contribution in [2.75, 3.05) is 16.4 Å². The van der Waals surface area contributed by atoms with Crippen LogP contribution in [0.15, 0.2) is 126 Å². The number of pyridine rings is 1. The molecule has 3 atom stereocenters. The molecule has 6 rings (SSSR count). The summed E-state index contributed by atoms with van der Waals surface area (Å²) in [5.74, 6) is 0.769. The minimum Gasteiger partial charge on any atom is -0.478 e. The highest BCUT2D eigenvalue weighted by Crippen LogP contribution is 2.40. The van der Waals surface area contributed by atoms with Gasteiger partial charge in [-0.25, -0.2) is 14.6 Å². The van der Waals surface area contributed by atoms with Crippen LogP contribution in [0.5, 0.6) is 11.5 Å². The van der Waals surface area contributed by atoms with Gasteiger partial charge in [0.25, 0.3) is 0 Å². The minimum absolute atomic E-state index is 0.0614. The summed E-state index contributed by atoms with van der Waals surface area (Å²) in [5.41, 5.74) is 3.69. The third-order valence-electron chi connectivity index (χ3n) is 7.53. The molecule has 0 bridgehead atoms. The van der Waals surface area contributed by atoms with E-state index in [1.54, 1.807) is 48.7 Å². The van der Waals surface area contributed by atoms with Crippen LogP contribution in [0.3, 0.4) is 0 Å². The van der Waals surface area contributed by atoms with Crippen LogP contribution in [-0.2, 0) is 16.1 Å². The van der Waals surface area contributed by atoms with E-state index in [1.807, 2.05) is 66.7 Å². The van der Waals surface area contributed by atoms with Gasteiger partial charge in [0, 0.05) is 35.3 Å². The number of carboxylic acids is 1. The number of aromatic carboxylic acids is 1. The number of benzene rings is 4. The Morgan fingerprint density at radius 1 is 0.812 bits per heavy atom. The molecule has 0 saturated carbocycles. The van der Waals surface area contributed by atoms with Gasteiger partial charge in [-0.1, -0.05) is 54.6 Å². The van der Waals surface area contributed by atoms with Crippen LogP contribution >= 0.6 is 11.8 Å². The van der Waals surface area contributed by atoms with Crippen LogP contribution in [0.25, 0.3) is 0 Å². The van der Waals surface area contributed by atoms with Gasteiger partial charge in [-0.15, -0.1) is 11.8 Å². The summed E-state index contributed by atoms with van der Waals surface area (Å²) in [4.78, 5) is 28.9. The van der Waals surface area contributed by atoms with Crippen LogP contribution in [-0.4, -0.2) is 39.1 Å². The topological polar surface area (TPSA) is 139 Å². The highest BCUT2D eigenvalue weighted by atomic mass is 32.2. The molecular weight excluding hydrogens is 630 g/mol. The van der Waals surface area contributed by atoms with Crippen molar-refractivity contribution >= 4 is 35.1 Å². The fourth-order valence-electron chi connectivity index (χ4n) is 5.15. The second-order valence-corrected chi connectivity index (χ2v) is 12.0. The maximum Gasteiger partial charge on any atom is 0.338 e. The zero-order valence-electron chi connectivity index (χ0n) is 25.7. The number of urea groups is 1. The summed E-state index contributed by atoms with van der Waals surface area (Å²) in [5, 5.41) is 25.2. The van der Waals surface area contributed by atoms with Crippen molar-refractivity contribution in [2.24, 2.45) is 0 Å². The minimum atomic E-state index is -1.04. The zero-order valence-corrected chi connectivity index (χ0v) is 26.5. The summed E-state index contributed by atoms with van der Waals surface area (Å²) in [6.45, 7) is -0.0614. The second-order valence-electron chi connectivity index (χ2n) is 11.0. The Hall–Kier alpha value is -5.20. The van der Waals surface area contributed by atoms with Crippen molar-refractivity contribution in [3.05, 3.63) is 144 Å². The van der Waals surface area contributed by atoms with E-state index < -0.39 is 18.3 Å². The maximum absolute atomic E-state index is 12.9. The number of nitrogens with zero attached hydrogens (tertiary/aromatic N) is 1. The van der Waals surface area contributed by atoms with Gasteiger partial charge < -0.3 is 35.1 Å². The number of thioether (sulfide) groups is 1. The fourth-order valence-corrected chi connectivity index (χ4v) is 6.16. The van der Waals surface area contributed by atoms with E-state index in [4.69, 9.17) is 14.2 Å². The number of aromatic nitrogens is 1. The third kappa shape index (κ3) is 8.58. The van der Waals surface area contributed by atoms with Crippen LogP contribution < -0.4 is 15.4 Å². The van der Waals surface area contributed by atoms with Crippen LogP contribution in [0.1, 0.15) is 45.9 Å². The molecule has 4 N–H and O–H groups in total. The van der Waals surface area contributed by atoms with E-state index >= 15 is 0 Å². The van der Waals surface area contributed by atoms with Crippen LogP contribution in [0.4, 0.5) is 16.2 Å². The average molecular weight is 664 g/mol. The number of rotatable bonds is 11. The van der Waals surface area contributed by atoms with Crippen LogP contribution in [0.2, 0.25) is 0 Å². The molecule has 1 aromatic heterocycles. The molecule has 0 spiro atoms. The Labute approximate surface area is 281 Å². The first-order valence-electron chi connectivity index (χ1n) is 15.3. The molecule has 0 unspecified atom stereocenters. The Morgan fingerprint density at radius 2 is 1.56 bits per heavy atom. The molecule has 11 heteroatoms. The van der Waals surface area contributed by atoms with Crippen molar-refractivity contribution in [1.29, 1.82) is 0 Å². The summed E-state index contributed by atoms with van der Waals surface area (Å²) in [6.07, 6.45) is 0.675. The molecule has 1 fully saturated rings. The fraction of sp³-hybridized carbons (Fsp3) is 0.162. The number of para-hydroxylation sites is 1. The SMILES string of the molecule is O=C(Nc1ccc(Oc2ccccc2)cc1)Nc1cccc([C@@H]2O[C@H](CSc3ncccc3C(=O)O)C[C@H](c3ccc(CO)cc3)O2)c1. The van der Waals surface area contributed by atoms with Gasteiger partial charge in [0.05, 0.1) is 24.4 Å². The van der Waals surface area contributed by atoms with Gasteiger partial charge in [-0.05, 0) is 71.8 Å². The van der Waals surface area contributed by atoms with Crippen LogP contribution in [0, 0.1) is 0 Å². The number of anilines is 2. The number of carboxylic acid groups (broad SMARTS) is 1. The lowest BCUT2D eigenvalue weighted by molar-refractivity contribution is -0.245. The van der Waals surface area contributed by atoms with Gasteiger partial charge >= 0.3 is 12.0 Å². The van der Waals surface area contributed by atoms with Gasteiger partial charge in [0.1, 0.15) is 16.5 Å². The quantitative estimate of drug-likeness (QED) is 0.103. The first kappa shape index (κ1) is 32.7. The lowest BCUT2D eigenvalue weighted by Crippen LogP contribution is -2.31. The third-order valence-corrected chi connectivity index (χ3v) is 8.67. The van der Waals surface area contributed by atoms with Gasteiger partial charge in [0.2, 0.25) is 0 Å². The molecule has 2 heterocycles. The molecule has 2 amide bonds. The van der Waals surface area contributed by atoms with E-state index in [9.17, 15) is 19.8 Å². The van der Waals surface area contributed by atoms with E-state index in [0.29, 0.717) is 39.9 Å². The maximum atomic E-state index is 12.9. The monoisotopic (exact) mass is 663 g/mol. The number of nitrogens with one attached hydrogen (secondary N) is 2. The van der Waals surface area contributed by atoms with Crippen molar-refractivity contribution in [1.82, 2.24) is 4.98 Å². The van der Waals surface area contributed by atoms with Crippen molar-refractivity contribution < 1.29 is 34.0 Å². The predicted octanol–water partition coefficient (Wildman–Crippen LogP) is 8.05. The number of hydrogen-bond donors (Lipinski definition) is 4. The Balaban J connectivity index is 1.13. The van der Waals surface area contributed by atoms with Crippen molar-refractivity contribution in [3.8, 4) is 11.5 Å². The predicted molar refractivity (Wildman–Crippen MR) is 182 cm³/mol. The summed E-state index contributed by atoms with van der Waals surface area (Å²) in [7, 11) is 0. The highest BCUT2D eigenvalue weighted by Gasteiger charge is 2.33. The molecule has 5 aromatic rings. The first-order valence-corrected chi connectivity index (χ1v) is 16.2. The largest absolute Gasteiger partial charge is 0.478 e. The molecule has 48 heavy (non-hydrogen) atoms. The number of amides is 2. The van der Waals surface area contributed by atoms with E-state index in [0.717, 1.165) is 16.9 Å². The van der Waals surface area contributed by atoms with E-state index in [1.165, 1.54) is 17.8 Å². The standard InChI is InChI=1S/C37H33N3O7S/c41-22-24-11-13-25(14-12-24)33-21-31(23-48-34-32(35(42)43)10-5-19-38-34)46-36(47-33)26-6-4-7-28(20-26)40-37(44)39-27-15-17-30(18-16-27)45-29-8-2-1-3-9-29/h1-20,31,33,36,41H,21-23H2,(H,42,43)(H2,39,40,44)/t31-,33+,36+/m0/s1. The number of carbonyl (C=O) groups is 2. The molecule has 0 radical (unpaired) electrons. The second kappa shape index (κ2) is 15.6. The first-order chi connectivity index (χ1) is 23.4. The normalized spacial score (nSPS) is 17.3. The molecule has 4 aromatic carbocycles. The molecule has 0 aliphatic carbocycles. The van der Waals surface area contributed by atoms with E-state index in [2.05, 4.69) is 15.6 Å². The average Bonchev–Trinajstić information content (AvgIpc) is 3.12. The summed E-state index contributed by atoms with van der Waals surface area (Å²) in [6, 6.07) is 34.0. The molecular formula is C37H33N3O7S. The molecule has 244 valence electrons. The lowest BCUT2D eigenvalue weighted by Gasteiger charge is -2.36. The molecule has 1 saturated heterocycles. The number of carbonyl (C=O) groups excluding carboxylic acids is 1. The zero-order chi connectivity index (χ0) is 33.3. The summed E-state index contributed by atoms with van der Waals surface area (Å²) < 4.78 is 18.7. The number of ether oxygens (including phenoxy) is 3.